The molecule has 0 bridgehead atoms. The van der Waals surface area contributed by atoms with Crippen molar-refractivity contribution in [1.82, 2.24) is 0 Å². The quantitative estimate of drug-likeness (QED) is 0.285. The molecular weight excluding hydrogens is 408 g/mol. The third-order valence-electron chi connectivity index (χ3n) is 6.13. The standard InChI is InChI=1S/C22H34O9/c1-27-19(23)15-3-7-17(8-4-15)21(25)30-13-11-29-12-14-31-22(26)18-9-5-16(6-10-18)20(24)28-2/h15-18H,3-14H2,1-2H3/t15-,16-,17+,18+. The molecule has 9 nitrogen and oxygen atoms in total. The van der Waals surface area contributed by atoms with Crippen molar-refractivity contribution in [3.8, 4) is 0 Å². The Morgan fingerprint density at radius 1 is 0.516 bits per heavy atom. The lowest BCUT2D eigenvalue weighted by molar-refractivity contribution is -0.156. The maximum absolute atomic E-state index is 12.1. The molecule has 0 atom stereocenters. The summed E-state index contributed by atoms with van der Waals surface area (Å²) < 4.78 is 25.3. The van der Waals surface area contributed by atoms with Crippen LogP contribution in [0.5, 0.6) is 0 Å². The normalized spacial score (nSPS) is 25.9. The highest BCUT2D eigenvalue weighted by atomic mass is 16.6. The summed E-state index contributed by atoms with van der Waals surface area (Å²) in [5, 5.41) is 0. The molecule has 2 saturated carbocycles. The van der Waals surface area contributed by atoms with Crippen molar-refractivity contribution in [3.05, 3.63) is 0 Å². The summed E-state index contributed by atoms with van der Waals surface area (Å²) in [4.78, 5) is 47.2. The first-order valence-electron chi connectivity index (χ1n) is 11.0. The number of carbonyl (C=O) groups excluding carboxylic acids is 4. The second-order valence-electron chi connectivity index (χ2n) is 8.09. The van der Waals surface area contributed by atoms with Gasteiger partial charge < -0.3 is 23.7 Å². The molecule has 0 saturated heterocycles. The van der Waals surface area contributed by atoms with E-state index in [1.54, 1.807) is 0 Å². The van der Waals surface area contributed by atoms with Gasteiger partial charge in [0.25, 0.3) is 0 Å². The Hall–Kier alpha value is -2.16. The number of ether oxygens (including phenoxy) is 5. The van der Waals surface area contributed by atoms with Crippen LogP contribution in [-0.4, -0.2) is 64.5 Å². The lowest BCUT2D eigenvalue weighted by Gasteiger charge is -2.25. The number of hydrogen-bond donors (Lipinski definition) is 0. The van der Waals surface area contributed by atoms with Gasteiger partial charge in [0.2, 0.25) is 0 Å². The molecule has 0 aliphatic heterocycles. The number of hydrogen-bond acceptors (Lipinski definition) is 9. The zero-order chi connectivity index (χ0) is 22.6. The molecule has 2 rings (SSSR count). The van der Waals surface area contributed by atoms with E-state index in [-0.39, 0.29) is 74.0 Å². The van der Waals surface area contributed by atoms with Gasteiger partial charge in [-0.3, -0.25) is 19.2 Å². The average Bonchev–Trinajstić information content (AvgIpc) is 2.82. The van der Waals surface area contributed by atoms with E-state index in [1.165, 1.54) is 14.2 Å². The van der Waals surface area contributed by atoms with E-state index in [2.05, 4.69) is 0 Å². The van der Waals surface area contributed by atoms with E-state index < -0.39 is 0 Å². The molecule has 0 radical (unpaired) electrons. The minimum atomic E-state index is -0.263. The van der Waals surface area contributed by atoms with Crippen LogP contribution in [0.3, 0.4) is 0 Å². The number of esters is 4. The summed E-state index contributed by atoms with van der Waals surface area (Å²) in [6, 6.07) is 0. The van der Waals surface area contributed by atoms with E-state index in [1.807, 2.05) is 0 Å². The van der Waals surface area contributed by atoms with Gasteiger partial charge in [0.05, 0.1) is 51.1 Å². The molecule has 0 heterocycles. The molecule has 0 aromatic rings. The van der Waals surface area contributed by atoms with Gasteiger partial charge in [-0.25, -0.2) is 0 Å². The van der Waals surface area contributed by atoms with Crippen molar-refractivity contribution in [3.63, 3.8) is 0 Å². The average molecular weight is 443 g/mol. The monoisotopic (exact) mass is 442 g/mol. The molecule has 2 aliphatic carbocycles. The Labute approximate surface area is 183 Å². The van der Waals surface area contributed by atoms with Crippen LogP contribution < -0.4 is 0 Å². The molecule has 0 aromatic heterocycles. The fourth-order valence-corrected chi connectivity index (χ4v) is 4.20. The van der Waals surface area contributed by atoms with Gasteiger partial charge in [-0.05, 0) is 51.4 Å². The summed E-state index contributed by atoms with van der Waals surface area (Å²) in [7, 11) is 2.75. The molecule has 9 heteroatoms. The van der Waals surface area contributed by atoms with Gasteiger partial charge in [0, 0.05) is 0 Å². The lowest BCUT2D eigenvalue weighted by atomic mass is 9.82. The molecule has 0 unspecified atom stereocenters. The molecule has 0 N–H and O–H groups in total. The van der Waals surface area contributed by atoms with E-state index in [0.717, 1.165) is 0 Å². The summed E-state index contributed by atoms with van der Waals surface area (Å²) in [5.74, 6) is -1.57. The Balaban J connectivity index is 1.48. The number of methoxy groups -OCH3 is 2. The predicted molar refractivity (Wildman–Crippen MR) is 108 cm³/mol. The first-order valence-corrected chi connectivity index (χ1v) is 11.0. The molecule has 0 spiro atoms. The van der Waals surface area contributed by atoms with Crippen molar-refractivity contribution >= 4 is 23.9 Å². The predicted octanol–water partition coefficient (Wildman–Crippen LogP) is 2.05. The summed E-state index contributed by atoms with van der Waals surface area (Å²) in [5.41, 5.74) is 0. The van der Waals surface area contributed by atoms with Crippen molar-refractivity contribution in [2.75, 3.05) is 40.6 Å². The first kappa shape index (κ1) is 25.1. The Morgan fingerprint density at radius 3 is 1.10 bits per heavy atom. The molecule has 31 heavy (non-hydrogen) atoms. The van der Waals surface area contributed by atoms with Crippen LogP contribution in [-0.2, 0) is 42.9 Å². The van der Waals surface area contributed by atoms with Crippen LogP contribution in [0.4, 0.5) is 0 Å². The molecular formula is C22H34O9. The van der Waals surface area contributed by atoms with Gasteiger partial charge in [-0.2, -0.15) is 0 Å². The van der Waals surface area contributed by atoms with E-state index >= 15 is 0 Å². The molecule has 176 valence electrons. The minimum Gasteiger partial charge on any atom is -0.469 e. The summed E-state index contributed by atoms with van der Waals surface area (Å²) in [6.07, 6.45) is 5.04. The SMILES string of the molecule is COC(=O)[C@H]1CC[C@@H](C(=O)OCCOCCOC(=O)[C@H]2CC[C@@H](C(=O)OC)CC2)CC1. The van der Waals surface area contributed by atoms with Crippen LogP contribution in [0.1, 0.15) is 51.4 Å². The van der Waals surface area contributed by atoms with Gasteiger partial charge in [-0.1, -0.05) is 0 Å². The minimum absolute atomic E-state index is 0.122. The maximum atomic E-state index is 12.1. The van der Waals surface area contributed by atoms with Crippen molar-refractivity contribution in [2.24, 2.45) is 23.7 Å². The molecule has 0 amide bonds. The Morgan fingerprint density at radius 2 is 0.806 bits per heavy atom. The lowest BCUT2D eigenvalue weighted by Crippen LogP contribution is -2.29. The van der Waals surface area contributed by atoms with Gasteiger partial charge >= 0.3 is 23.9 Å². The molecule has 2 aliphatic rings. The number of carbonyl (C=O) groups is 4. The fourth-order valence-electron chi connectivity index (χ4n) is 4.20. The third-order valence-corrected chi connectivity index (χ3v) is 6.13. The highest BCUT2D eigenvalue weighted by Crippen LogP contribution is 2.31. The van der Waals surface area contributed by atoms with Crippen LogP contribution >= 0.6 is 0 Å². The second kappa shape index (κ2) is 13.3. The largest absolute Gasteiger partial charge is 0.469 e. The van der Waals surface area contributed by atoms with Crippen LogP contribution in [0.2, 0.25) is 0 Å². The summed E-state index contributed by atoms with van der Waals surface area (Å²) >= 11 is 0. The Bertz CT molecular complexity index is 550. The van der Waals surface area contributed by atoms with Gasteiger partial charge in [0.1, 0.15) is 13.2 Å². The van der Waals surface area contributed by atoms with E-state index in [4.69, 9.17) is 23.7 Å². The zero-order valence-electron chi connectivity index (χ0n) is 18.5. The van der Waals surface area contributed by atoms with Crippen molar-refractivity contribution in [1.29, 1.82) is 0 Å². The number of rotatable bonds is 10. The maximum Gasteiger partial charge on any atom is 0.309 e. The highest BCUT2D eigenvalue weighted by molar-refractivity contribution is 5.75. The van der Waals surface area contributed by atoms with Crippen molar-refractivity contribution < 1.29 is 42.9 Å². The molecule has 2 fully saturated rings. The first-order chi connectivity index (χ1) is 15.0. The van der Waals surface area contributed by atoms with Gasteiger partial charge in [0.15, 0.2) is 0 Å². The van der Waals surface area contributed by atoms with Crippen LogP contribution in [0, 0.1) is 23.7 Å². The third kappa shape index (κ3) is 8.12. The molecule has 0 aromatic carbocycles. The van der Waals surface area contributed by atoms with Crippen LogP contribution in [0.15, 0.2) is 0 Å². The van der Waals surface area contributed by atoms with Crippen molar-refractivity contribution in [2.45, 2.75) is 51.4 Å². The topological polar surface area (TPSA) is 114 Å². The smallest absolute Gasteiger partial charge is 0.309 e. The second-order valence-corrected chi connectivity index (χ2v) is 8.09. The summed E-state index contributed by atoms with van der Waals surface area (Å²) in [6.45, 7) is 0.735. The Kier molecular flexibility index (Phi) is 10.8. The van der Waals surface area contributed by atoms with Gasteiger partial charge in [-0.15, -0.1) is 0 Å². The van der Waals surface area contributed by atoms with Crippen LogP contribution in [0.25, 0.3) is 0 Å². The zero-order valence-corrected chi connectivity index (χ0v) is 18.5. The van der Waals surface area contributed by atoms with E-state index in [9.17, 15) is 19.2 Å². The fraction of sp³-hybridized carbons (Fsp3) is 0.818. The van der Waals surface area contributed by atoms with E-state index in [0.29, 0.717) is 51.4 Å². The highest BCUT2D eigenvalue weighted by Gasteiger charge is 2.32.